The lowest BCUT2D eigenvalue weighted by Gasteiger charge is -2.08. The Morgan fingerprint density at radius 1 is 1.44 bits per heavy atom. The molecule has 5 nitrogen and oxygen atoms in total. The summed E-state index contributed by atoms with van der Waals surface area (Å²) in [6, 6.07) is 0. The van der Waals surface area contributed by atoms with Gasteiger partial charge in [0.05, 0.1) is 13.5 Å². The molecule has 0 aliphatic rings. The van der Waals surface area contributed by atoms with Gasteiger partial charge in [0.25, 0.3) is 0 Å². The van der Waals surface area contributed by atoms with Crippen molar-refractivity contribution in [3.8, 4) is 0 Å². The van der Waals surface area contributed by atoms with Gasteiger partial charge in [0.2, 0.25) is 5.95 Å². The fourth-order valence-electron chi connectivity index (χ4n) is 1.02. The van der Waals surface area contributed by atoms with Crippen LogP contribution in [0.1, 0.15) is 12.0 Å². The second-order valence-corrected chi connectivity index (χ2v) is 3.39. The smallest absolute Gasteiger partial charge is 0.309 e. The van der Waals surface area contributed by atoms with Crippen LogP contribution in [0, 0.1) is 0 Å². The number of hydrogen-bond donors (Lipinski definition) is 0. The highest BCUT2D eigenvalue weighted by Crippen LogP contribution is 2.05. The van der Waals surface area contributed by atoms with Crippen LogP contribution >= 0.6 is 0 Å². The maximum Gasteiger partial charge on any atom is 0.309 e. The Morgan fingerprint density at radius 3 is 2.56 bits per heavy atom. The lowest BCUT2D eigenvalue weighted by atomic mass is 10.3. The number of ether oxygens (including phenoxy) is 1. The van der Waals surface area contributed by atoms with Gasteiger partial charge in [0, 0.05) is 32.1 Å². The number of esters is 1. The number of methoxy groups -OCH3 is 1. The van der Waals surface area contributed by atoms with Gasteiger partial charge in [-0.1, -0.05) is 12.2 Å². The summed E-state index contributed by atoms with van der Waals surface area (Å²) in [6.45, 7) is 0. The second kappa shape index (κ2) is 5.85. The first-order valence-corrected chi connectivity index (χ1v) is 4.86. The van der Waals surface area contributed by atoms with Crippen molar-refractivity contribution < 1.29 is 9.53 Å². The zero-order valence-corrected chi connectivity index (χ0v) is 9.67. The molecule has 0 fully saturated rings. The van der Waals surface area contributed by atoms with E-state index < -0.39 is 0 Å². The molecule has 0 N–H and O–H groups in total. The standard InChI is InChI=1S/C11H15N3O2/c1-14(2)11-12-7-9(8-13-11)5-4-6-10(15)16-3/h4-5,7-8H,6H2,1-3H3. The van der Waals surface area contributed by atoms with Gasteiger partial charge in [-0.3, -0.25) is 4.79 Å². The first-order chi connectivity index (χ1) is 7.63. The van der Waals surface area contributed by atoms with E-state index in [9.17, 15) is 4.79 Å². The van der Waals surface area contributed by atoms with Crippen LogP contribution in [0.15, 0.2) is 18.5 Å². The van der Waals surface area contributed by atoms with Gasteiger partial charge in [-0.2, -0.15) is 0 Å². The van der Waals surface area contributed by atoms with Crippen LogP contribution in [0.5, 0.6) is 0 Å². The molecule has 0 bridgehead atoms. The monoisotopic (exact) mass is 221 g/mol. The van der Waals surface area contributed by atoms with Crippen LogP contribution in [-0.4, -0.2) is 37.1 Å². The molecule has 0 spiro atoms. The summed E-state index contributed by atoms with van der Waals surface area (Å²) in [4.78, 5) is 20.9. The minimum absolute atomic E-state index is 0.256. The van der Waals surface area contributed by atoms with Gasteiger partial charge in [0.1, 0.15) is 0 Å². The van der Waals surface area contributed by atoms with Crippen molar-refractivity contribution in [1.29, 1.82) is 0 Å². The highest BCUT2D eigenvalue weighted by Gasteiger charge is 1.97. The molecule has 1 aromatic rings. The van der Waals surface area contributed by atoms with E-state index in [2.05, 4.69) is 14.7 Å². The Morgan fingerprint density at radius 2 is 2.06 bits per heavy atom. The third-order valence-electron chi connectivity index (χ3n) is 1.88. The molecule has 1 aromatic heterocycles. The van der Waals surface area contributed by atoms with E-state index in [1.807, 2.05) is 19.0 Å². The maximum atomic E-state index is 10.8. The third-order valence-corrected chi connectivity index (χ3v) is 1.88. The van der Waals surface area contributed by atoms with Crippen molar-refractivity contribution in [2.45, 2.75) is 6.42 Å². The van der Waals surface area contributed by atoms with Crippen molar-refractivity contribution >= 4 is 18.0 Å². The van der Waals surface area contributed by atoms with Crippen LogP contribution in [0.25, 0.3) is 6.08 Å². The van der Waals surface area contributed by atoms with Crippen molar-refractivity contribution in [3.63, 3.8) is 0 Å². The number of rotatable bonds is 4. The topological polar surface area (TPSA) is 55.3 Å². The summed E-state index contributed by atoms with van der Waals surface area (Å²) in [5.41, 5.74) is 0.856. The van der Waals surface area contributed by atoms with Crippen LogP contribution < -0.4 is 4.90 Å². The van der Waals surface area contributed by atoms with E-state index in [1.54, 1.807) is 24.5 Å². The Labute approximate surface area is 94.8 Å². The molecule has 0 aliphatic heterocycles. The van der Waals surface area contributed by atoms with E-state index in [0.717, 1.165) is 5.56 Å². The minimum Gasteiger partial charge on any atom is -0.469 e. The van der Waals surface area contributed by atoms with E-state index in [0.29, 0.717) is 5.95 Å². The highest BCUT2D eigenvalue weighted by atomic mass is 16.5. The first kappa shape index (κ1) is 12.2. The molecule has 0 saturated carbocycles. The van der Waals surface area contributed by atoms with Gasteiger partial charge in [-0.05, 0) is 0 Å². The lowest BCUT2D eigenvalue weighted by Crippen LogP contribution is -2.12. The first-order valence-electron chi connectivity index (χ1n) is 4.86. The molecule has 0 atom stereocenters. The Kier molecular flexibility index (Phi) is 4.44. The molecule has 1 heterocycles. The van der Waals surface area contributed by atoms with Gasteiger partial charge in [0.15, 0.2) is 0 Å². The summed E-state index contributed by atoms with van der Waals surface area (Å²) in [6.07, 6.45) is 7.17. The quantitative estimate of drug-likeness (QED) is 0.713. The molecular weight excluding hydrogens is 206 g/mol. The number of hydrogen-bond acceptors (Lipinski definition) is 5. The fourth-order valence-corrected chi connectivity index (χ4v) is 1.02. The molecule has 5 heteroatoms. The van der Waals surface area contributed by atoms with Gasteiger partial charge >= 0.3 is 5.97 Å². The molecule has 0 radical (unpaired) electrons. The molecular formula is C11H15N3O2. The maximum absolute atomic E-state index is 10.8. The number of nitrogens with zero attached hydrogens (tertiary/aromatic N) is 3. The number of aromatic nitrogens is 2. The fraction of sp³-hybridized carbons (Fsp3) is 0.364. The minimum atomic E-state index is -0.262. The summed E-state index contributed by atoms with van der Waals surface area (Å²) in [5, 5.41) is 0. The van der Waals surface area contributed by atoms with E-state index in [4.69, 9.17) is 0 Å². The molecule has 0 aliphatic carbocycles. The van der Waals surface area contributed by atoms with Gasteiger partial charge in [-0.25, -0.2) is 9.97 Å². The number of carbonyl (C=O) groups is 1. The Hall–Kier alpha value is -1.91. The molecule has 16 heavy (non-hydrogen) atoms. The van der Waals surface area contributed by atoms with Crippen molar-refractivity contribution in [3.05, 3.63) is 24.0 Å². The molecule has 0 aromatic carbocycles. The van der Waals surface area contributed by atoms with Crippen molar-refractivity contribution in [2.75, 3.05) is 26.1 Å². The molecule has 1 rings (SSSR count). The molecule has 0 unspecified atom stereocenters. The summed E-state index contributed by atoms with van der Waals surface area (Å²) < 4.78 is 4.51. The number of anilines is 1. The SMILES string of the molecule is COC(=O)CC=Cc1cnc(N(C)C)nc1. The highest BCUT2D eigenvalue weighted by molar-refractivity contribution is 5.72. The number of carbonyl (C=O) groups excluding carboxylic acids is 1. The van der Waals surface area contributed by atoms with Gasteiger partial charge < -0.3 is 9.64 Å². The van der Waals surface area contributed by atoms with Crippen LogP contribution in [0.2, 0.25) is 0 Å². The Balaban J connectivity index is 2.58. The Bertz CT molecular complexity index is 371. The predicted octanol–water partition coefficient (Wildman–Crippen LogP) is 1.12. The molecule has 0 amide bonds. The van der Waals surface area contributed by atoms with E-state index in [-0.39, 0.29) is 12.4 Å². The largest absolute Gasteiger partial charge is 0.469 e. The van der Waals surface area contributed by atoms with Gasteiger partial charge in [-0.15, -0.1) is 0 Å². The second-order valence-electron chi connectivity index (χ2n) is 3.39. The third kappa shape index (κ3) is 3.68. The summed E-state index contributed by atoms with van der Waals surface area (Å²) in [5.74, 6) is 0.396. The van der Waals surface area contributed by atoms with E-state index >= 15 is 0 Å². The average Bonchev–Trinajstić information content (AvgIpc) is 2.29. The van der Waals surface area contributed by atoms with Crippen LogP contribution in [0.3, 0.4) is 0 Å². The van der Waals surface area contributed by atoms with Crippen molar-refractivity contribution in [1.82, 2.24) is 9.97 Å². The zero-order valence-electron chi connectivity index (χ0n) is 9.67. The average molecular weight is 221 g/mol. The summed E-state index contributed by atoms with van der Waals surface area (Å²) in [7, 11) is 5.12. The predicted molar refractivity (Wildman–Crippen MR) is 62.0 cm³/mol. The summed E-state index contributed by atoms with van der Waals surface area (Å²) >= 11 is 0. The molecule has 0 saturated heterocycles. The molecule has 86 valence electrons. The van der Waals surface area contributed by atoms with Crippen molar-refractivity contribution in [2.24, 2.45) is 0 Å². The van der Waals surface area contributed by atoms with Crippen LogP contribution in [-0.2, 0) is 9.53 Å². The zero-order chi connectivity index (χ0) is 12.0. The van der Waals surface area contributed by atoms with Crippen LogP contribution in [0.4, 0.5) is 5.95 Å². The van der Waals surface area contributed by atoms with E-state index in [1.165, 1.54) is 7.11 Å². The normalized spacial score (nSPS) is 10.4. The lowest BCUT2D eigenvalue weighted by molar-refractivity contribution is -0.139.